The van der Waals surface area contributed by atoms with Crippen molar-refractivity contribution in [2.45, 2.75) is 25.8 Å². The first-order chi connectivity index (χ1) is 14.9. The lowest BCUT2D eigenvalue weighted by Crippen LogP contribution is -2.42. The summed E-state index contributed by atoms with van der Waals surface area (Å²) in [5.74, 6) is -2.20. The number of Topliss-reactive ketones (excluding diaryl/α,β-unsaturated/α-hetero) is 1. The van der Waals surface area contributed by atoms with Crippen LogP contribution in [-0.4, -0.2) is 108 Å². The summed E-state index contributed by atoms with van der Waals surface area (Å²) < 4.78 is 20.8. The van der Waals surface area contributed by atoms with Gasteiger partial charge in [0.25, 0.3) is 0 Å². The average molecular weight is 450 g/mol. The zero-order valence-corrected chi connectivity index (χ0v) is 18.3. The van der Waals surface area contributed by atoms with Gasteiger partial charge in [0, 0.05) is 19.5 Å². The molecule has 0 rings (SSSR count). The highest BCUT2D eigenvalue weighted by atomic mass is 16.5. The van der Waals surface area contributed by atoms with Crippen molar-refractivity contribution in [3.63, 3.8) is 0 Å². The molecule has 1 unspecified atom stereocenters. The van der Waals surface area contributed by atoms with E-state index in [4.69, 9.17) is 24.1 Å². The van der Waals surface area contributed by atoms with Gasteiger partial charge in [-0.1, -0.05) is 0 Å². The summed E-state index contributed by atoms with van der Waals surface area (Å²) >= 11 is 0. The van der Waals surface area contributed by atoms with Gasteiger partial charge in [-0.25, -0.2) is 4.79 Å². The molecule has 0 aromatic rings. The average Bonchev–Trinajstić information content (AvgIpc) is 2.71. The van der Waals surface area contributed by atoms with Crippen molar-refractivity contribution in [1.29, 1.82) is 0 Å². The molecule has 12 heteroatoms. The van der Waals surface area contributed by atoms with Crippen LogP contribution in [0.2, 0.25) is 0 Å². The van der Waals surface area contributed by atoms with Crippen molar-refractivity contribution in [3.8, 4) is 0 Å². The minimum Gasteiger partial charge on any atom is -0.480 e. The molecule has 0 aliphatic heterocycles. The quantitative estimate of drug-likeness (QED) is 0.149. The van der Waals surface area contributed by atoms with Crippen LogP contribution in [0.5, 0.6) is 0 Å². The van der Waals surface area contributed by atoms with Gasteiger partial charge in [0.05, 0.1) is 39.6 Å². The predicted octanol–water partition coefficient (Wildman–Crippen LogP) is -1.67. The molecule has 31 heavy (non-hydrogen) atoms. The Morgan fingerprint density at radius 1 is 0.806 bits per heavy atom. The van der Waals surface area contributed by atoms with Crippen molar-refractivity contribution in [3.05, 3.63) is 0 Å². The molecule has 2 amide bonds. The Balaban J connectivity index is 3.57. The SMILES string of the molecule is CNCCOCCOCC(=O)NCCOCCOCC(=O)NC(CCC(C)=O)C(=O)O. The number of carbonyl (C=O) groups is 4. The van der Waals surface area contributed by atoms with E-state index in [9.17, 15) is 19.2 Å². The van der Waals surface area contributed by atoms with Gasteiger partial charge in [-0.15, -0.1) is 0 Å². The van der Waals surface area contributed by atoms with Crippen LogP contribution >= 0.6 is 0 Å². The van der Waals surface area contributed by atoms with Crippen LogP contribution in [0, 0.1) is 0 Å². The molecule has 0 aliphatic rings. The summed E-state index contributed by atoms with van der Waals surface area (Å²) in [7, 11) is 1.83. The Kier molecular flexibility index (Phi) is 18.5. The van der Waals surface area contributed by atoms with Crippen LogP contribution in [0.4, 0.5) is 0 Å². The molecular formula is C19H35N3O9. The maximum absolute atomic E-state index is 11.7. The largest absolute Gasteiger partial charge is 0.480 e. The highest BCUT2D eigenvalue weighted by Gasteiger charge is 2.20. The second-order valence-electron chi connectivity index (χ2n) is 6.48. The number of ketones is 1. The molecule has 0 fully saturated rings. The summed E-state index contributed by atoms with van der Waals surface area (Å²) in [6.45, 7) is 3.98. The molecule has 0 aromatic carbocycles. The molecular weight excluding hydrogens is 414 g/mol. The fraction of sp³-hybridized carbons (Fsp3) is 0.789. The van der Waals surface area contributed by atoms with Gasteiger partial charge in [-0.3, -0.25) is 9.59 Å². The van der Waals surface area contributed by atoms with Crippen molar-refractivity contribution in [2.24, 2.45) is 0 Å². The molecule has 0 radical (unpaired) electrons. The number of hydrogen-bond donors (Lipinski definition) is 4. The third-order valence-electron chi connectivity index (χ3n) is 3.69. The molecule has 0 saturated carbocycles. The molecule has 0 saturated heterocycles. The van der Waals surface area contributed by atoms with E-state index in [2.05, 4.69) is 16.0 Å². The van der Waals surface area contributed by atoms with E-state index in [-0.39, 0.29) is 57.6 Å². The standard InChI is InChI=1S/C19H35N3O9/c1-15(23)3-4-16(19(26)27)22-18(25)14-31-12-10-29-8-6-21-17(24)13-30-11-9-28-7-5-20-2/h16,20H,3-14H2,1-2H3,(H,21,24)(H,22,25)(H,26,27). The Bertz CT molecular complexity index is 532. The predicted molar refractivity (Wildman–Crippen MR) is 110 cm³/mol. The minimum absolute atomic E-state index is 0.0285. The first kappa shape index (κ1) is 28.9. The van der Waals surface area contributed by atoms with Gasteiger partial charge < -0.3 is 44.8 Å². The molecule has 0 aliphatic carbocycles. The molecule has 0 heterocycles. The summed E-state index contributed by atoms with van der Waals surface area (Å²) in [4.78, 5) is 45.2. The Morgan fingerprint density at radius 3 is 1.90 bits per heavy atom. The van der Waals surface area contributed by atoms with E-state index >= 15 is 0 Å². The summed E-state index contributed by atoms with van der Waals surface area (Å²) in [5.41, 5.74) is 0. The lowest BCUT2D eigenvalue weighted by Gasteiger charge is -2.14. The summed E-state index contributed by atoms with van der Waals surface area (Å²) in [6, 6.07) is -1.13. The smallest absolute Gasteiger partial charge is 0.326 e. The van der Waals surface area contributed by atoms with E-state index in [1.807, 2.05) is 7.05 Å². The van der Waals surface area contributed by atoms with E-state index < -0.39 is 17.9 Å². The number of likely N-dealkylation sites (N-methyl/N-ethyl adjacent to an activating group) is 1. The van der Waals surface area contributed by atoms with Crippen LogP contribution in [0.15, 0.2) is 0 Å². The zero-order chi connectivity index (χ0) is 23.3. The van der Waals surface area contributed by atoms with Crippen LogP contribution in [0.1, 0.15) is 19.8 Å². The molecule has 12 nitrogen and oxygen atoms in total. The normalized spacial score (nSPS) is 11.7. The fourth-order valence-corrected chi connectivity index (χ4v) is 2.10. The second-order valence-corrected chi connectivity index (χ2v) is 6.48. The lowest BCUT2D eigenvalue weighted by molar-refractivity contribution is -0.143. The molecule has 0 aromatic heterocycles. The molecule has 1 atom stereocenters. The fourth-order valence-electron chi connectivity index (χ4n) is 2.10. The van der Waals surface area contributed by atoms with Crippen LogP contribution in [-0.2, 0) is 38.1 Å². The highest BCUT2D eigenvalue weighted by Crippen LogP contribution is 1.99. The summed E-state index contributed by atoms with van der Waals surface area (Å²) in [6.07, 6.45) is 0.0979. The van der Waals surface area contributed by atoms with Crippen molar-refractivity contribution in [2.75, 3.05) is 73.0 Å². The summed E-state index contributed by atoms with van der Waals surface area (Å²) in [5, 5.41) is 16.9. The van der Waals surface area contributed by atoms with Gasteiger partial charge in [0.2, 0.25) is 11.8 Å². The first-order valence-corrected chi connectivity index (χ1v) is 10.1. The van der Waals surface area contributed by atoms with Gasteiger partial charge in [0.1, 0.15) is 25.0 Å². The highest BCUT2D eigenvalue weighted by molar-refractivity contribution is 5.85. The van der Waals surface area contributed by atoms with Gasteiger partial charge in [-0.05, 0) is 20.4 Å². The zero-order valence-electron chi connectivity index (χ0n) is 18.3. The monoisotopic (exact) mass is 449 g/mol. The van der Waals surface area contributed by atoms with Gasteiger partial charge in [-0.2, -0.15) is 0 Å². The number of nitrogens with one attached hydrogen (secondary N) is 3. The number of carboxylic acid groups (broad SMARTS) is 1. The van der Waals surface area contributed by atoms with E-state index in [1.54, 1.807) is 0 Å². The topological polar surface area (TPSA) is 162 Å². The second kappa shape index (κ2) is 19.8. The third-order valence-corrected chi connectivity index (χ3v) is 3.69. The number of hydrogen-bond acceptors (Lipinski definition) is 9. The Labute approximate surface area is 182 Å². The van der Waals surface area contributed by atoms with E-state index in [0.717, 1.165) is 6.54 Å². The van der Waals surface area contributed by atoms with Gasteiger partial charge in [0.15, 0.2) is 0 Å². The number of carbonyl (C=O) groups excluding carboxylic acids is 3. The number of ether oxygens (including phenoxy) is 4. The Hall–Kier alpha value is -2.12. The van der Waals surface area contributed by atoms with Crippen molar-refractivity contribution < 1.29 is 43.2 Å². The molecule has 0 spiro atoms. The number of carboxylic acids is 1. The molecule has 0 bridgehead atoms. The van der Waals surface area contributed by atoms with E-state index in [0.29, 0.717) is 26.4 Å². The van der Waals surface area contributed by atoms with Crippen molar-refractivity contribution in [1.82, 2.24) is 16.0 Å². The molecule has 180 valence electrons. The third kappa shape index (κ3) is 19.6. The number of aliphatic carboxylic acids is 1. The lowest BCUT2D eigenvalue weighted by atomic mass is 10.1. The first-order valence-electron chi connectivity index (χ1n) is 10.1. The van der Waals surface area contributed by atoms with Crippen molar-refractivity contribution >= 4 is 23.6 Å². The van der Waals surface area contributed by atoms with Crippen LogP contribution < -0.4 is 16.0 Å². The number of rotatable bonds is 21. The van der Waals surface area contributed by atoms with Crippen LogP contribution in [0.3, 0.4) is 0 Å². The Morgan fingerprint density at radius 2 is 1.35 bits per heavy atom. The maximum atomic E-state index is 11.7. The number of amides is 2. The maximum Gasteiger partial charge on any atom is 0.326 e. The van der Waals surface area contributed by atoms with Gasteiger partial charge >= 0.3 is 5.97 Å². The molecule has 4 N–H and O–H groups in total. The minimum atomic E-state index is -1.21. The van der Waals surface area contributed by atoms with Crippen LogP contribution in [0.25, 0.3) is 0 Å². The van der Waals surface area contributed by atoms with E-state index in [1.165, 1.54) is 6.92 Å².